The number of oxime groups is 1. The van der Waals surface area contributed by atoms with Crippen LogP contribution in [0.5, 0.6) is 11.5 Å². The molecular weight excluding hydrogens is 328 g/mol. The number of hydrogen-bond acceptors (Lipinski definition) is 5. The summed E-state index contributed by atoms with van der Waals surface area (Å²) < 4.78 is 11.7. The van der Waals surface area contributed by atoms with Crippen molar-refractivity contribution in [2.75, 3.05) is 20.2 Å². The quantitative estimate of drug-likeness (QED) is 0.676. The van der Waals surface area contributed by atoms with E-state index in [1.165, 1.54) is 5.56 Å². The maximum atomic E-state index is 9.54. The molecule has 0 bridgehead atoms. The minimum absolute atomic E-state index is 0.281. The highest BCUT2D eigenvalue weighted by Gasteiger charge is 2.42. The summed E-state index contributed by atoms with van der Waals surface area (Å²) in [5.41, 5.74) is 2.56. The fourth-order valence-corrected chi connectivity index (χ4v) is 3.95. The summed E-state index contributed by atoms with van der Waals surface area (Å²) in [6, 6.07) is 16.2. The third-order valence-corrected chi connectivity index (χ3v) is 5.45. The lowest BCUT2D eigenvalue weighted by Gasteiger charge is -2.44. The van der Waals surface area contributed by atoms with E-state index in [1.807, 2.05) is 24.3 Å². The van der Waals surface area contributed by atoms with Gasteiger partial charge in [0.25, 0.3) is 0 Å². The largest absolute Gasteiger partial charge is 0.497 e. The maximum absolute atomic E-state index is 9.54. The van der Waals surface area contributed by atoms with Crippen LogP contribution in [0.25, 0.3) is 0 Å². The zero-order valence-electron chi connectivity index (χ0n) is 15.0. The first kappa shape index (κ1) is 16.9. The number of fused-ring (bicyclic) bond motifs is 1. The molecule has 1 spiro atoms. The number of likely N-dealkylation sites (tertiary alicyclic amines) is 1. The van der Waals surface area contributed by atoms with Gasteiger partial charge in [-0.3, -0.25) is 4.90 Å². The molecule has 0 aliphatic carbocycles. The Bertz CT molecular complexity index is 796. The van der Waals surface area contributed by atoms with Crippen LogP contribution in [0, 0.1) is 0 Å². The molecule has 0 unspecified atom stereocenters. The number of hydrogen-bond donors (Lipinski definition) is 1. The molecule has 5 heteroatoms. The van der Waals surface area contributed by atoms with Crippen LogP contribution in [0.3, 0.4) is 0 Å². The maximum Gasteiger partial charge on any atom is 0.129 e. The Hall–Kier alpha value is -2.53. The van der Waals surface area contributed by atoms with Crippen LogP contribution < -0.4 is 9.47 Å². The van der Waals surface area contributed by atoms with Crippen LogP contribution in [0.2, 0.25) is 0 Å². The van der Waals surface area contributed by atoms with Gasteiger partial charge in [-0.25, -0.2) is 0 Å². The summed E-state index contributed by atoms with van der Waals surface area (Å²) in [6.07, 6.45) is 2.47. The van der Waals surface area contributed by atoms with E-state index in [4.69, 9.17) is 9.47 Å². The molecule has 0 aromatic heterocycles. The summed E-state index contributed by atoms with van der Waals surface area (Å²) in [6.45, 7) is 2.91. The fourth-order valence-electron chi connectivity index (χ4n) is 3.95. The standard InChI is InChI=1S/C21H24N2O3/c1-25-17-7-8-20-18(13-17)19(22-24)14-21(26-20)9-11-23(12-10-21)15-16-5-3-2-4-6-16/h2-8,13,24H,9-12,14-15H2,1H3/b22-19+. The van der Waals surface area contributed by atoms with E-state index in [0.29, 0.717) is 12.1 Å². The number of rotatable bonds is 3. The van der Waals surface area contributed by atoms with Gasteiger partial charge in [-0.1, -0.05) is 35.5 Å². The van der Waals surface area contributed by atoms with Crippen LogP contribution in [0.15, 0.2) is 53.7 Å². The normalized spacial score (nSPS) is 20.6. The Kier molecular flexibility index (Phi) is 4.55. The van der Waals surface area contributed by atoms with Crippen molar-refractivity contribution in [3.8, 4) is 11.5 Å². The van der Waals surface area contributed by atoms with Crippen LogP contribution >= 0.6 is 0 Å². The fraction of sp³-hybridized carbons (Fsp3) is 0.381. The van der Waals surface area contributed by atoms with Gasteiger partial charge in [0.05, 0.1) is 12.8 Å². The van der Waals surface area contributed by atoms with Crippen molar-refractivity contribution in [1.82, 2.24) is 4.90 Å². The highest BCUT2D eigenvalue weighted by molar-refractivity contribution is 6.04. The van der Waals surface area contributed by atoms with E-state index in [2.05, 4.69) is 34.3 Å². The predicted molar refractivity (Wildman–Crippen MR) is 100 cm³/mol. The summed E-state index contributed by atoms with van der Waals surface area (Å²) in [7, 11) is 1.63. The molecule has 26 heavy (non-hydrogen) atoms. The molecule has 0 atom stereocenters. The second-order valence-electron chi connectivity index (χ2n) is 7.13. The van der Waals surface area contributed by atoms with Crippen molar-refractivity contribution >= 4 is 5.71 Å². The van der Waals surface area contributed by atoms with Gasteiger partial charge in [0.15, 0.2) is 0 Å². The van der Waals surface area contributed by atoms with Gasteiger partial charge in [0.2, 0.25) is 0 Å². The molecule has 1 N–H and O–H groups in total. The summed E-state index contributed by atoms with van der Waals surface area (Å²) in [4.78, 5) is 2.46. The van der Waals surface area contributed by atoms with Crippen LogP contribution in [-0.4, -0.2) is 41.6 Å². The molecule has 0 saturated carbocycles. The van der Waals surface area contributed by atoms with Crippen molar-refractivity contribution in [2.24, 2.45) is 5.16 Å². The van der Waals surface area contributed by atoms with Gasteiger partial charge in [-0.2, -0.15) is 0 Å². The lowest BCUT2D eigenvalue weighted by Crippen LogP contribution is -2.50. The van der Waals surface area contributed by atoms with E-state index in [0.717, 1.165) is 49.5 Å². The number of piperidine rings is 1. The minimum Gasteiger partial charge on any atom is -0.497 e. The smallest absolute Gasteiger partial charge is 0.129 e. The molecule has 0 radical (unpaired) electrons. The lowest BCUT2D eigenvalue weighted by molar-refractivity contribution is 0.000382. The minimum atomic E-state index is -0.281. The molecule has 2 aliphatic heterocycles. The van der Waals surface area contributed by atoms with Crippen LogP contribution in [-0.2, 0) is 6.54 Å². The molecule has 1 saturated heterocycles. The zero-order valence-corrected chi connectivity index (χ0v) is 15.0. The lowest BCUT2D eigenvalue weighted by atomic mass is 9.82. The van der Waals surface area contributed by atoms with E-state index in [1.54, 1.807) is 7.11 Å². The Labute approximate surface area is 153 Å². The first-order valence-electron chi connectivity index (χ1n) is 9.06. The van der Waals surface area contributed by atoms with Gasteiger partial charge >= 0.3 is 0 Å². The molecule has 136 valence electrons. The first-order chi connectivity index (χ1) is 12.7. The number of benzene rings is 2. The summed E-state index contributed by atoms with van der Waals surface area (Å²) in [5.74, 6) is 1.52. The Morgan fingerprint density at radius 1 is 1.15 bits per heavy atom. The first-order valence-corrected chi connectivity index (χ1v) is 9.06. The molecule has 2 aromatic rings. The molecular formula is C21H24N2O3. The second kappa shape index (κ2) is 7.00. The SMILES string of the molecule is COc1ccc2c(c1)/C(=N/O)CC1(CCN(Cc3ccccc3)CC1)O2. The van der Waals surface area contributed by atoms with Gasteiger partial charge in [0.1, 0.15) is 17.1 Å². The van der Waals surface area contributed by atoms with Crippen LogP contribution in [0.1, 0.15) is 30.4 Å². The molecule has 0 amide bonds. The monoisotopic (exact) mass is 352 g/mol. The molecule has 2 aliphatic rings. The van der Waals surface area contributed by atoms with Gasteiger partial charge in [0, 0.05) is 44.5 Å². The molecule has 4 rings (SSSR count). The Morgan fingerprint density at radius 3 is 2.62 bits per heavy atom. The average molecular weight is 352 g/mol. The number of nitrogens with zero attached hydrogens (tertiary/aromatic N) is 2. The van der Waals surface area contributed by atoms with Crippen LogP contribution in [0.4, 0.5) is 0 Å². The van der Waals surface area contributed by atoms with Crippen molar-refractivity contribution in [2.45, 2.75) is 31.4 Å². The Morgan fingerprint density at radius 2 is 1.92 bits per heavy atom. The molecule has 2 heterocycles. The number of ether oxygens (including phenoxy) is 2. The van der Waals surface area contributed by atoms with E-state index in [9.17, 15) is 5.21 Å². The third-order valence-electron chi connectivity index (χ3n) is 5.45. The highest BCUT2D eigenvalue weighted by Crippen LogP contribution is 2.41. The topological polar surface area (TPSA) is 54.3 Å². The Balaban J connectivity index is 1.48. The molecule has 2 aromatic carbocycles. The van der Waals surface area contributed by atoms with Gasteiger partial charge in [-0.05, 0) is 23.8 Å². The van der Waals surface area contributed by atoms with E-state index in [-0.39, 0.29) is 5.60 Å². The average Bonchev–Trinajstić information content (AvgIpc) is 2.70. The third kappa shape index (κ3) is 3.27. The van der Waals surface area contributed by atoms with Crippen molar-refractivity contribution < 1.29 is 14.7 Å². The number of methoxy groups -OCH3 is 1. The van der Waals surface area contributed by atoms with Gasteiger partial charge in [-0.15, -0.1) is 0 Å². The van der Waals surface area contributed by atoms with E-state index < -0.39 is 0 Å². The van der Waals surface area contributed by atoms with Gasteiger partial charge < -0.3 is 14.7 Å². The zero-order chi connectivity index (χ0) is 18.0. The summed E-state index contributed by atoms with van der Waals surface area (Å²) >= 11 is 0. The molecule has 1 fully saturated rings. The summed E-state index contributed by atoms with van der Waals surface area (Å²) in [5, 5.41) is 13.1. The van der Waals surface area contributed by atoms with Crippen molar-refractivity contribution in [3.63, 3.8) is 0 Å². The molecule has 5 nitrogen and oxygen atoms in total. The van der Waals surface area contributed by atoms with E-state index >= 15 is 0 Å². The predicted octanol–water partition coefficient (Wildman–Crippen LogP) is 3.69. The van der Waals surface area contributed by atoms with Crippen molar-refractivity contribution in [3.05, 3.63) is 59.7 Å². The highest BCUT2D eigenvalue weighted by atomic mass is 16.5. The second-order valence-corrected chi connectivity index (χ2v) is 7.13. The van der Waals surface area contributed by atoms with Crippen molar-refractivity contribution in [1.29, 1.82) is 0 Å².